The van der Waals surface area contributed by atoms with E-state index in [-0.39, 0.29) is 5.41 Å². The molecule has 0 heterocycles. The molecule has 0 aliphatic rings. The van der Waals surface area contributed by atoms with Gasteiger partial charge in [-0.1, -0.05) is 172 Å². The van der Waals surface area contributed by atoms with Crippen molar-refractivity contribution in [3.8, 4) is 33.4 Å². The summed E-state index contributed by atoms with van der Waals surface area (Å²) < 4.78 is 0. The van der Waals surface area contributed by atoms with E-state index in [4.69, 9.17) is 0 Å². The van der Waals surface area contributed by atoms with Crippen molar-refractivity contribution in [3.63, 3.8) is 0 Å². The second-order valence-electron chi connectivity index (χ2n) is 15.3. The van der Waals surface area contributed by atoms with Crippen molar-refractivity contribution >= 4 is 64.6 Å². The average molecular weight is 663 g/mol. The van der Waals surface area contributed by atoms with Crippen LogP contribution >= 0.6 is 0 Å². The quantitative estimate of drug-likeness (QED) is 0.130. The lowest BCUT2D eigenvalue weighted by Crippen LogP contribution is -2.10. The smallest absolute Gasteiger partial charge is 0.00139 e. The highest BCUT2D eigenvalue weighted by molar-refractivity contribution is 6.30. The van der Waals surface area contributed by atoms with Gasteiger partial charge in [-0.15, -0.1) is 0 Å². The van der Waals surface area contributed by atoms with Crippen LogP contribution in [0.25, 0.3) is 98.0 Å². The molecule has 0 unspecified atom stereocenters. The summed E-state index contributed by atoms with van der Waals surface area (Å²) in [5.74, 6) is 0. The van der Waals surface area contributed by atoms with Crippen LogP contribution in [0, 0.1) is 0 Å². The van der Waals surface area contributed by atoms with Crippen molar-refractivity contribution in [1.29, 1.82) is 0 Å². The summed E-state index contributed by atoms with van der Waals surface area (Å²) in [6, 6.07) is 65.8. The Morgan fingerprint density at radius 1 is 0.288 bits per heavy atom. The Morgan fingerprint density at radius 2 is 0.808 bits per heavy atom. The minimum atomic E-state index is 0.00776. The monoisotopic (exact) mass is 662 g/mol. The van der Waals surface area contributed by atoms with Crippen LogP contribution in [0.4, 0.5) is 0 Å². The molecule has 0 aliphatic heterocycles. The lowest BCUT2D eigenvalue weighted by molar-refractivity contribution is 0.591. The molecule has 0 atom stereocenters. The molecule has 10 aromatic carbocycles. The fourth-order valence-corrected chi connectivity index (χ4v) is 8.45. The van der Waals surface area contributed by atoms with Crippen LogP contribution < -0.4 is 0 Å². The molecule has 0 spiro atoms. The maximum Gasteiger partial charge on any atom is -0.00139 e. The molecule has 52 heavy (non-hydrogen) atoms. The topological polar surface area (TPSA) is 0 Å². The van der Waals surface area contributed by atoms with E-state index in [0.717, 1.165) is 0 Å². The summed E-state index contributed by atoms with van der Waals surface area (Å²) in [7, 11) is 0. The first kappa shape index (κ1) is 30.6. The van der Waals surface area contributed by atoms with Gasteiger partial charge in [0.15, 0.2) is 0 Å². The Balaban J connectivity index is 1.37. The molecule has 0 nitrogen and oxygen atoms in total. The summed E-state index contributed by atoms with van der Waals surface area (Å²) in [6.07, 6.45) is 0. The fourth-order valence-electron chi connectivity index (χ4n) is 8.45. The number of hydrogen-bond donors (Lipinski definition) is 0. The number of hydrogen-bond acceptors (Lipinski definition) is 0. The lowest BCUT2D eigenvalue weighted by atomic mass is 9.80. The van der Waals surface area contributed by atoms with Crippen LogP contribution in [0.1, 0.15) is 26.3 Å². The zero-order valence-corrected chi connectivity index (χ0v) is 29.7. The van der Waals surface area contributed by atoms with Gasteiger partial charge in [0.25, 0.3) is 0 Å². The normalized spacial score (nSPS) is 12.1. The van der Waals surface area contributed by atoms with Crippen LogP contribution in [0.15, 0.2) is 176 Å². The van der Waals surface area contributed by atoms with E-state index in [1.165, 1.54) is 104 Å². The predicted molar refractivity (Wildman–Crippen MR) is 226 cm³/mol. The summed E-state index contributed by atoms with van der Waals surface area (Å²) in [5, 5.41) is 15.3. The molecule has 0 bridgehead atoms. The van der Waals surface area contributed by atoms with Gasteiger partial charge < -0.3 is 0 Å². The molecular formula is C52H38. The second-order valence-corrected chi connectivity index (χ2v) is 15.3. The highest BCUT2D eigenvalue weighted by Crippen LogP contribution is 2.48. The van der Waals surface area contributed by atoms with Crippen molar-refractivity contribution in [2.75, 3.05) is 0 Å². The van der Waals surface area contributed by atoms with Gasteiger partial charge in [0.2, 0.25) is 0 Å². The van der Waals surface area contributed by atoms with Gasteiger partial charge in [-0.2, -0.15) is 0 Å². The van der Waals surface area contributed by atoms with E-state index >= 15 is 0 Å². The molecule has 10 rings (SSSR count). The Morgan fingerprint density at radius 3 is 1.50 bits per heavy atom. The molecule has 0 N–H and O–H groups in total. The molecule has 0 radical (unpaired) electrons. The maximum absolute atomic E-state index is 2.47. The van der Waals surface area contributed by atoms with Gasteiger partial charge in [-0.3, -0.25) is 0 Å². The van der Waals surface area contributed by atoms with E-state index in [1.807, 2.05) is 0 Å². The van der Waals surface area contributed by atoms with Crippen LogP contribution in [0.2, 0.25) is 0 Å². The summed E-state index contributed by atoms with van der Waals surface area (Å²) in [4.78, 5) is 0. The highest BCUT2D eigenvalue weighted by Gasteiger charge is 2.22. The SMILES string of the molecule is CC(C)(C)c1ccc2c(-c3ccc4ccccc4c3)c3c(ccc4c5ccc(-c6ccccc6)cc5ccc43)c(-c3ccc4ccccc4c3)c2c1. The van der Waals surface area contributed by atoms with Crippen molar-refractivity contribution < 1.29 is 0 Å². The zero-order chi connectivity index (χ0) is 35.0. The molecule has 0 heteroatoms. The molecule has 0 saturated heterocycles. The van der Waals surface area contributed by atoms with E-state index in [9.17, 15) is 0 Å². The molecule has 0 saturated carbocycles. The van der Waals surface area contributed by atoms with Crippen LogP contribution in [0.3, 0.4) is 0 Å². The molecule has 10 aromatic rings. The largest absolute Gasteiger partial charge is 0.0622 e. The van der Waals surface area contributed by atoms with E-state index < -0.39 is 0 Å². The molecule has 0 aliphatic carbocycles. The van der Waals surface area contributed by atoms with Gasteiger partial charge in [-0.05, 0) is 133 Å². The standard InChI is InChI=1S/C52H38/c1-52(2,3)42-23-26-46-48(32-42)49(40-19-17-34-13-7-9-15-36(34)30-40)47-28-27-44-43-24-21-38(33-11-5-4-6-12-33)29-39(43)22-25-45(44)51(47)50(46)41-20-18-35-14-8-10-16-37(35)31-41/h4-32H,1-3H3. The van der Waals surface area contributed by atoms with Gasteiger partial charge in [0.1, 0.15) is 0 Å². The van der Waals surface area contributed by atoms with Crippen molar-refractivity contribution in [2.24, 2.45) is 0 Å². The lowest BCUT2D eigenvalue weighted by Gasteiger charge is -2.24. The Hall–Kier alpha value is -6.24. The maximum atomic E-state index is 2.47. The number of rotatable bonds is 3. The predicted octanol–water partition coefficient (Wildman–Crippen LogP) is 14.9. The number of fused-ring (bicyclic) bond motifs is 8. The third kappa shape index (κ3) is 4.90. The molecular weight excluding hydrogens is 625 g/mol. The van der Waals surface area contributed by atoms with E-state index in [0.29, 0.717) is 0 Å². The minimum Gasteiger partial charge on any atom is -0.0622 e. The minimum absolute atomic E-state index is 0.00776. The highest BCUT2D eigenvalue weighted by atomic mass is 14.3. The first-order valence-electron chi connectivity index (χ1n) is 18.3. The summed E-state index contributed by atoms with van der Waals surface area (Å²) in [6.45, 7) is 6.95. The molecule has 0 fully saturated rings. The van der Waals surface area contributed by atoms with Crippen LogP contribution in [0.5, 0.6) is 0 Å². The summed E-state index contributed by atoms with van der Waals surface area (Å²) in [5.41, 5.74) is 8.92. The molecule has 0 aromatic heterocycles. The third-order valence-electron chi connectivity index (χ3n) is 11.1. The van der Waals surface area contributed by atoms with E-state index in [2.05, 4.69) is 197 Å². The van der Waals surface area contributed by atoms with Crippen molar-refractivity contribution in [2.45, 2.75) is 26.2 Å². The fraction of sp³-hybridized carbons (Fsp3) is 0.0769. The zero-order valence-electron chi connectivity index (χ0n) is 29.7. The van der Waals surface area contributed by atoms with Gasteiger partial charge in [0, 0.05) is 0 Å². The molecule has 246 valence electrons. The van der Waals surface area contributed by atoms with Crippen molar-refractivity contribution in [1.82, 2.24) is 0 Å². The Labute approximate surface area is 304 Å². The van der Waals surface area contributed by atoms with Gasteiger partial charge >= 0.3 is 0 Å². The Bertz CT molecular complexity index is 3030. The second kappa shape index (κ2) is 11.7. The Kier molecular flexibility index (Phi) is 6.85. The van der Waals surface area contributed by atoms with Gasteiger partial charge in [-0.25, -0.2) is 0 Å². The van der Waals surface area contributed by atoms with Crippen LogP contribution in [-0.2, 0) is 5.41 Å². The van der Waals surface area contributed by atoms with Crippen molar-refractivity contribution in [3.05, 3.63) is 181 Å². The molecule has 0 amide bonds. The summed E-state index contributed by atoms with van der Waals surface area (Å²) >= 11 is 0. The first-order valence-corrected chi connectivity index (χ1v) is 18.3. The third-order valence-corrected chi connectivity index (χ3v) is 11.1. The first-order chi connectivity index (χ1) is 25.4. The average Bonchev–Trinajstić information content (AvgIpc) is 3.18. The number of benzene rings is 10. The van der Waals surface area contributed by atoms with Crippen LogP contribution in [-0.4, -0.2) is 0 Å². The van der Waals surface area contributed by atoms with E-state index in [1.54, 1.807) is 0 Å². The van der Waals surface area contributed by atoms with Gasteiger partial charge in [0.05, 0.1) is 0 Å².